The van der Waals surface area contributed by atoms with Gasteiger partial charge in [-0.3, -0.25) is 4.79 Å². The smallest absolute Gasteiger partial charge is 0.229 e. The van der Waals surface area contributed by atoms with Crippen molar-refractivity contribution in [1.82, 2.24) is 9.88 Å². The Morgan fingerprint density at radius 2 is 1.92 bits per heavy atom. The second kappa shape index (κ2) is 9.25. The van der Waals surface area contributed by atoms with E-state index in [0.29, 0.717) is 24.7 Å². The van der Waals surface area contributed by atoms with E-state index in [0.717, 1.165) is 16.5 Å². The number of carbonyl (C=O) groups is 1. The number of amides is 1. The molecule has 0 unspecified atom stereocenters. The summed E-state index contributed by atoms with van der Waals surface area (Å²) in [5.74, 6) is 0.737. The third kappa shape index (κ3) is 5.51. The quantitative estimate of drug-likeness (QED) is 0.630. The minimum absolute atomic E-state index is 0.00488. The zero-order chi connectivity index (χ0) is 17.4. The second-order valence-electron chi connectivity index (χ2n) is 5.03. The summed E-state index contributed by atoms with van der Waals surface area (Å²) in [5.41, 5.74) is 0.748. The van der Waals surface area contributed by atoms with E-state index in [2.05, 4.69) is 18.1 Å². The van der Waals surface area contributed by atoms with Gasteiger partial charge in [0.15, 0.2) is 0 Å². The summed E-state index contributed by atoms with van der Waals surface area (Å²) in [4.78, 5) is 18.4. The largest absolute Gasteiger partial charge is 0.486 e. The molecule has 126 valence electrons. The molecule has 0 atom stereocenters. The number of thiazole rings is 1. The fourth-order valence-corrected chi connectivity index (χ4v) is 2.86. The molecule has 0 radical (unpaired) electrons. The van der Waals surface area contributed by atoms with Crippen molar-refractivity contribution in [3.63, 3.8) is 0 Å². The summed E-state index contributed by atoms with van der Waals surface area (Å²) in [5, 5.41) is 3.38. The number of rotatable bonds is 9. The molecule has 6 heteroatoms. The molecule has 1 amide bonds. The molecule has 0 spiro atoms. The van der Waals surface area contributed by atoms with Crippen LogP contribution < -0.4 is 4.74 Å². The van der Waals surface area contributed by atoms with Gasteiger partial charge in [-0.1, -0.05) is 23.8 Å². The Balaban J connectivity index is 1.89. The van der Waals surface area contributed by atoms with Crippen molar-refractivity contribution in [3.05, 3.63) is 70.7 Å². The number of ether oxygens (including phenoxy) is 1. The molecule has 4 nitrogen and oxygen atoms in total. The lowest BCUT2D eigenvalue weighted by molar-refractivity contribution is -0.129. The summed E-state index contributed by atoms with van der Waals surface area (Å²) in [7, 11) is 0. The second-order valence-corrected chi connectivity index (χ2v) is 6.41. The molecule has 0 N–H and O–H groups in total. The zero-order valence-corrected chi connectivity index (χ0v) is 14.9. The zero-order valence-electron chi connectivity index (χ0n) is 13.3. The van der Waals surface area contributed by atoms with Gasteiger partial charge in [0.2, 0.25) is 5.91 Å². The topological polar surface area (TPSA) is 42.4 Å². The highest BCUT2D eigenvalue weighted by molar-refractivity contribution is 7.09. The van der Waals surface area contributed by atoms with Gasteiger partial charge in [0, 0.05) is 23.5 Å². The number of hydrogen-bond donors (Lipinski definition) is 0. The van der Waals surface area contributed by atoms with Gasteiger partial charge in [-0.2, -0.15) is 0 Å². The lowest BCUT2D eigenvalue weighted by Crippen LogP contribution is -2.32. The molecular weight excluding hydrogens is 344 g/mol. The molecule has 24 heavy (non-hydrogen) atoms. The fourth-order valence-electron chi connectivity index (χ4n) is 2.03. The maximum Gasteiger partial charge on any atom is 0.229 e. The van der Waals surface area contributed by atoms with Crippen molar-refractivity contribution in [2.45, 2.75) is 13.0 Å². The SMILES string of the molecule is C=CCN(CC=C)C(=O)Cc1csc(COc2ccc(Cl)cc2)n1. The van der Waals surface area contributed by atoms with E-state index in [1.54, 1.807) is 29.2 Å². The Bertz CT molecular complexity index is 687. The molecule has 0 aliphatic carbocycles. The number of nitrogens with zero attached hydrogens (tertiary/aromatic N) is 2. The molecule has 0 bridgehead atoms. The van der Waals surface area contributed by atoms with Crippen LogP contribution in [0.1, 0.15) is 10.7 Å². The summed E-state index contributed by atoms with van der Waals surface area (Å²) in [6.45, 7) is 8.70. The Hall–Kier alpha value is -2.11. The van der Waals surface area contributed by atoms with Crippen LogP contribution in [-0.4, -0.2) is 28.9 Å². The van der Waals surface area contributed by atoms with Crippen LogP contribution in [0.15, 0.2) is 55.0 Å². The Morgan fingerprint density at radius 1 is 1.25 bits per heavy atom. The highest BCUT2D eigenvalue weighted by Gasteiger charge is 2.13. The average Bonchev–Trinajstić information content (AvgIpc) is 3.01. The van der Waals surface area contributed by atoms with E-state index in [9.17, 15) is 4.79 Å². The Morgan fingerprint density at radius 3 is 2.54 bits per heavy atom. The number of benzene rings is 1. The van der Waals surface area contributed by atoms with Crippen LogP contribution in [0.3, 0.4) is 0 Å². The Labute approximate surface area is 151 Å². The van der Waals surface area contributed by atoms with E-state index in [4.69, 9.17) is 16.3 Å². The van der Waals surface area contributed by atoms with Gasteiger partial charge in [0.25, 0.3) is 0 Å². The average molecular weight is 363 g/mol. The molecular formula is C18H19ClN2O2S. The van der Waals surface area contributed by atoms with Gasteiger partial charge in [0.05, 0.1) is 12.1 Å². The first-order valence-electron chi connectivity index (χ1n) is 7.43. The molecule has 1 aromatic carbocycles. The van der Waals surface area contributed by atoms with Gasteiger partial charge < -0.3 is 9.64 Å². The molecule has 1 aromatic heterocycles. The van der Waals surface area contributed by atoms with Crippen molar-refractivity contribution >= 4 is 28.8 Å². The van der Waals surface area contributed by atoms with Gasteiger partial charge in [0.1, 0.15) is 17.4 Å². The van der Waals surface area contributed by atoms with Gasteiger partial charge >= 0.3 is 0 Å². The predicted octanol–water partition coefficient (Wildman–Crippen LogP) is 4.12. The van der Waals surface area contributed by atoms with Crippen LogP contribution in [-0.2, 0) is 17.8 Å². The number of carbonyl (C=O) groups excluding carboxylic acids is 1. The maximum absolute atomic E-state index is 12.3. The maximum atomic E-state index is 12.3. The molecule has 1 heterocycles. The number of aromatic nitrogens is 1. The van der Waals surface area contributed by atoms with Crippen molar-refractivity contribution in [2.24, 2.45) is 0 Å². The minimum atomic E-state index is 0.00488. The molecule has 0 aliphatic rings. The van der Waals surface area contributed by atoms with Crippen LogP contribution in [0, 0.1) is 0 Å². The van der Waals surface area contributed by atoms with Crippen molar-refractivity contribution in [2.75, 3.05) is 13.1 Å². The fraction of sp³-hybridized carbons (Fsp3) is 0.222. The molecule has 0 saturated heterocycles. The lowest BCUT2D eigenvalue weighted by Gasteiger charge is -2.18. The van der Waals surface area contributed by atoms with Crippen LogP contribution >= 0.6 is 22.9 Å². The summed E-state index contributed by atoms with van der Waals surface area (Å²) in [6.07, 6.45) is 3.67. The monoisotopic (exact) mass is 362 g/mol. The molecule has 0 fully saturated rings. The Kier molecular flexibility index (Phi) is 7.03. The van der Waals surface area contributed by atoms with E-state index in [1.165, 1.54) is 11.3 Å². The standard InChI is InChI=1S/C18H19ClN2O2S/c1-3-9-21(10-4-2)18(22)11-15-13-24-17(20-15)12-23-16-7-5-14(19)6-8-16/h3-8,13H,1-2,9-12H2. The molecule has 2 rings (SSSR count). The first-order valence-corrected chi connectivity index (χ1v) is 8.69. The predicted molar refractivity (Wildman–Crippen MR) is 98.6 cm³/mol. The van der Waals surface area contributed by atoms with E-state index in [-0.39, 0.29) is 12.3 Å². The third-order valence-corrected chi connectivity index (χ3v) is 4.28. The molecule has 0 aliphatic heterocycles. The normalized spacial score (nSPS) is 10.2. The summed E-state index contributed by atoms with van der Waals surface area (Å²) in [6, 6.07) is 7.17. The van der Waals surface area contributed by atoms with Crippen molar-refractivity contribution < 1.29 is 9.53 Å². The van der Waals surface area contributed by atoms with E-state index >= 15 is 0 Å². The van der Waals surface area contributed by atoms with Gasteiger partial charge in [-0.15, -0.1) is 24.5 Å². The van der Waals surface area contributed by atoms with Crippen LogP contribution in [0.25, 0.3) is 0 Å². The van der Waals surface area contributed by atoms with Crippen molar-refractivity contribution in [3.8, 4) is 5.75 Å². The van der Waals surface area contributed by atoms with Gasteiger partial charge in [-0.25, -0.2) is 4.98 Å². The number of hydrogen-bond acceptors (Lipinski definition) is 4. The highest BCUT2D eigenvalue weighted by Crippen LogP contribution is 2.18. The van der Waals surface area contributed by atoms with Crippen molar-refractivity contribution in [1.29, 1.82) is 0 Å². The van der Waals surface area contributed by atoms with E-state index < -0.39 is 0 Å². The third-order valence-electron chi connectivity index (χ3n) is 3.16. The van der Waals surface area contributed by atoms with Gasteiger partial charge in [-0.05, 0) is 24.3 Å². The van der Waals surface area contributed by atoms with E-state index in [1.807, 2.05) is 17.5 Å². The summed E-state index contributed by atoms with van der Waals surface area (Å²) >= 11 is 7.32. The van der Waals surface area contributed by atoms with Crippen LogP contribution in [0.5, 0.6) is 5.75 Å². The first-order chi connectivity index (χ1) is 11.6. The lowest BCUT2D eigenvalue weighted by atomic mass is 10.3. The highest BCUT2D eigenvalue weighted by atomic mass is 35.5. The molecule has 2 aromatic rings. The minimum Gasteiger partial charge on any atom is -0.486 e. The van der Waals surface area contributed by atoms with Crippen LogP contribution in [0.4, 0.5) is 0 Å². The molecule has 0 saturated carbocycles. The first kappa shape index (κ1) is 18.2. The summed E-state index contributed by atoms with van der Waals surface area (Å²) < 4.78 is 5.66. The number of halogens is 1. The van der Waals surface area contributed by atoms with Crippen LogP contribution in [0.2, 0.25) is 5.02 Å².